The molecular weight excluding hydrogens is 404 g/mol. The molecule has 0 bridgehead atoms. The van der Waals surface area contributed by atoms with Gasteiger partial charge in [-0.3, -0.25) is 0 Å². The zero-order chi connectivity index (χ0) is 20.3. The molecule has 0 saturated carbocycles. The Morgan fingerprint density at radius 3 is 2.00 bits per heavy atom. The first-order chi connectivity index (χ1) is 13.4. The molecule has 9 heteroatoms. The Kier molecular flexibility index (Phi) is 6.22. The Hall–Kier alpha value is -2.16. The predicted molar refractivity (Wildman–Crippen MR) is 109 cm³/mol. The maximum Gasteiger partial charge on any atom is 0.247 e. The molecule has 1 heterocycles. The normalized spacial score (nSPS) is 15.4. The van der Waals surface area contributed by atoms with Crippen LogP contribution in [-0.2, 0) is 10.0 Å². The van der Waals surface area contributed by atoms with E-state index in [4.69, 9.17) is 25.8 Å². The lowest BCUT2D eigenvalue weighted by atomic mass is 10.2. The molecule has 0 aliphatic carbocycles. The van der Waals surface area contributed by atoms with Crippen molar-refractivity contribution in [2.24, 2.45) is 0 Å². The molecule has 0 aromatic heterocycles. The van der Waals surface area contributed by atoms with E-state index < -0.39 is 10.0 Å². The summed E-state index contributed by atoms with van der Waals surface area (Å²) in [7, 11) is 0.734. The highest BCUT2D eigenvalue weighted by atomic mass is 35.5. The summed E-state index contributed by atoms with van der Waals surface area (Å²) in [4.78, 5) is 2.19. The van der Waals surface area contributed by atoms with Gasteiger partial charge in [-0.2, -0.15) is 4.31 Å². The smallest absolute Gasteiger partial charge is 0.247 e. The molecule has 0 amide bonds. The molecule has 1 aliphatic rings. The molecule has 1 fully saturated rings. The quantitative estimate of drug-likeness (QED) is 0.707. The maximum atomic E-state index is 13.2. The van der Waals surface area contributed by atoms with Crippen LogP contribution in [-0.4, -0.2) is 60.2 Å². The number of nitrogens with zero attached hydrogens (tertiary/aromatic N) is 2. The molecule has 0 atom stereocenters. The molecule has 0 N–H and O–H groups in total. The third-order valence-electron chi connectivity index (χ3n) is 4.73. The van der Waals surface area contributed by atoms with E-state index >= 15 is 0 Å². The van der Waals surface area contributed by atoms with Gasteiger partial charge < -0.3 is 19.1 Å². The van der Waals surface area contributed by atoms with Crippen molar-refractivity contribution in [1.29, 1.82) is 0 Å². The van der Waals surface area contributed by atoms with Crippen molar-refractivity contribution >= 4 is 27.3 Å². The average Bonchev–Trinajstić information content (AvgIpc) is 2.73. The third-order valence-corrected chi connectivity index (χ3v) is 6.95. The lowest BCUT2D eigenvalue weighted by Gasteiger charge is -2.35. The Labute approximate surface area is 170 Å². The summed E-state index contributed by atoms with van der Waals surface area (Å²) >= 11 is 6.10. The minimum atomic E-state index is -3.75. The van der Waals surface area contributed by atoms with E-state index in [1.165, 1.54) is 30.7 Å². The number of anilines is 1. The van der Waals surface area contributed by atoms with E-state index in [1.807, 2.05) is 24.3 Å². The van der Waals surface area contributed by atoms with Crippen LogP contribution in [0.15, 0.2) is 41.3 Å². The molecule has 3 rings (SSSR count). The lowest BCUT2D eigenvalue weighted by Crippen LogP contribution is -2.48. The monoisotopic (exact) mass is 426 g/mol. The summed E-state index contributed by atoms with van der Waals surface area (Å²) in [5.74, 6) is 1.27. The number of rotatable bonds is 6. The van der Waals surface area contributed by atoms with Crippen molar-refractivity contribution in [3.8, 4) is 17.2 Å². The van der Waals surface area contributed by atoms with E-state index in [-0.39, 0.29) is 16.4 Å². The summed E-state index contributed by atoms with van der Waals surface area (Å²) in [6.45, 7) is 1.89. The Balaban J connectivity index is 1.79. The minimum Gasteiger partial charge on any atom is -0.497 e. The summed E-state index contributed by atoms with van der Waals surface area (Å²) in [5.41, 5.74) is 1.03. The first kappa shape index (κ1) is 20.6. The van der Waals surface area contributed by atoms with Crippen molar-refractivity contribution < 1.29 is 22.6 Å². The zero-order valence-electron chi connectivity index (χ0n) is 16.0. The second-order valence-electron chi connectivity index (χ2n) is 6.23. The Morgan fingerprint density at radius 2 is 1.46 bits per heavy atom. The number of hydrogen-bond donors (Lipinski definition) is 0. The van der Waals surface area contributed by atoms with Crippen LogP contribution in [0.2, 0.25) is 5.02 Å². The van der Waals surface area contributed by atoms with Crippen LogP contribution in [0.3, 0.4) is 0 Å². The van der Waals surface area contributed by atoms with Crippen molar-refractivity contribution in [1.82, 2.24) is 4.31 Å². The number of ether oxygens (including phenoxy) is 3. The highest BCUT2D eigenvalue weighted by Crippen LogP contribution is 2.36. The van der Waals surface area contributed by atoms with Crippen molar-refractivity contribution in [3.63, 3.8) is 0 Å². The van der Waals surface area contributed by atoms with Gasteiger partial charge in [0.15, 0.2) is 0 Å². The number of hydrogen-bond acceptors (Lipinski definition) is 6. The Morgan fingerprint density at radius 1 is 0.857 bits per heavy atom. The van der Waals surface area contributed by atoms with Crippen LogP contribution in [0.1, 0.15) is 0 Å². The van der Waals surface area contributed by atoms with Crippen molar-refractivity contribution in [2.75, 3.05) is 52.4 Å². The van der Waals surface area contributed by atoms with Crippen LogP contribution in [0.25, 0.3) is 0 Å². The third kappa shape index (κ3) is 3.99. The summed E-state index contributed by atoms with van der Waals surface area (Å²) < 4.78 is 43.4. The van der Waals surface area contributed by atoms with Gasteiger partial charge >= 0.3 is 0 Å². The summed E-state index contributed by atoms with van der Waals surface area (Å²) in [5, 5.41) is 0.294. The highest BCUT2D eigenvalue weighted by Gasteiger charge is 2.32. The van der Waals surface area contributed by atoms with Gasteiger partial charge in [-0.1, -0.05) is 11.6 Å². The molecular formula is C19H23ClN2O5S. The average molecular weight is 427 g/mol. The molecule has 0 spiro atoms. The van der Waals surface area contributed by atoms with Gasteiger partial charge in [-0.05, 0) is 24.3 Å². The van der Waals surface area contributed by atoms with Crippen LogP contribution in [0.5, 0.6) is 17.2 Å². The van der Waals surface area contributed by atoms with Crippen LogP contribution in [0, 0.1) is 0 Å². The van der Waals surface area contributed by atoms with Gasteiger partial charge in [0, 0.05) is 44.0 Å². The number of piperazine rings is 1. The fourth-order valence-electron chi connectivity index (χ4n) is 3.15. The fraction of sp³-hybridized carbons (Fsp3) is 0.368. The predicted octanol–water partition coefficient (Wildman–Crippen LogP) is 2.88. The van der Waals surface area contributed by atoms with Gasteiger partial charge in [-0.25, -0.2) is 8.42 Å². The first-order valence-corrected chi connectivity index (χ1v) is 10.5. The van der Waals surface area contributed by atoms with Crippen LogP contribution >= 0.6 is 11.6 Å². The summed E-state index contributed by atoms with van der Waals surface area (Å²) in [6.07, 6.45) is 0. The topological polar surface area (TPSA) is 68.3 Å². The van der Waals surface area contributed by atoms with Gasteiger partial charge in [-0.15, -0.1) is 0 Å². The summed E-state index contributed by atoms with van der Waals surface area (Å²) in [6, 6.07) is 10.6. The SMILES string of the molecule is COc1ccc(N2CCN(S(=O)(=O)c3cc(OC)c(Cl)cc3OC)CC2)cc1. The molecule has 0 unspecified atom stereocenters. The van der Waals surface area contributed by atoms with Gasteiger partial charge in [0.1, 0.15) is 22.1 Å². The number of sulfonamides is 1. The highest BCUT2D eigenvalue weighted by molar-refractivity contribution is 7.89. The number of methoxy groups -OCH3 is 3. The largest absolute Gasteiger partial charge is 0.497 e. The second-order valence-corrected chi connectivity index (χ2v) is 8.54. The molecule has 1 aliphatic heterocycles. The first-order valence-electron chi connectivity index (χ1n) is 8.71. The van der Waals surface area contributed by atoms with E-state index in [2.05, 4.69) is 4.90 Å². The zero-order valence-corrected chi connectivity index (χ0v) is 17.6. The van der Waals surface area contributed by atoms with E-state index in [9.17, 15) is 8.42 Å². The number of halogens is 1. The minimum absolute atomic E-state index is 0.0501. The molecule has 7 nitrogen and oxygen atoms in total. The van der Waals surface area contributed by atoms with Gasteiger partial charge in [0.25, 0.3) is 0 Å². The molecule has 2 aromatic rings. The standard InChI is InChI=1S/C19H23ClN2O5S/c1-25-15-6-4-14(5-7-15)21-8-10-22(11-9-21)28(23,24)19-13-17(26-2)16(20)12-18(19)27-3/h4-7,12-13H,8-11H2,1-3H3. The second kappa shape index (κ2) is 8.46. The molecule has 0 radical (unpaired) electrons. The van der Waals surface area contributed by atoms with Crippen LogP contribution < -0.4 is 19.1 Å². The van der Waals surface area contributed by atoms with E-state index in [0.717, 1.165) is 11.4 Å². The molecule has 28 heavy (non-hydrogen) atoms. The molecule has 1 saturated heterocycles. The molecule has 2 aromatic carbocycles. The van der Waals surface area contributed by atoms with E-state index in [1.54, 1.807) is 7.11 Å². The van der Waals surface area contributed by atoms with Crippen molar-refractivity contribution in [2.45, 2.75) is 4.90 Å². The fourth-order valence-corrected chi connectivity index (χ4v) is 4.96. The van der Waals surface area contributed by atoms with Crippen molar-refractivity contribution in [3.05, 3.63) is 41.4 Å². The van der Waals surface area contributed by atoms with Gasteiger partial charge in [0.2, 0.25) is 10.0 Å². The maximum absolute atomic E-state index is 13.2. The van der Waals surface area contributed by atoms with E-state index in [0.29, 0.717) is 31.2 Å². The lowest BCUT2D eigenvalue weighted by molar-refractivity contribution is 0.371. The molecule has 152 valence electrons. The van der Waals surface area contributed by atoms with Gasteiger partial charge in [0.05, 0.1) is 26.4 Å². The van der Waals surface area contributed by atoms with Crippen LogP contribution in [0.4, 0.5) is 5.69 Å². The Bertz CT molecular complexity index is 926. The number of benzene rings is 2.